The molecule has 1 heterocycles. The number of benzene rings is 1. The molecular weight excluding hydrogens is 337 g/mol. The minimum atomic E-state index is -0.252. The van der Waals surface area contributed by atoms with E-state index in [1.165, 1.54) is 17.4 Å². The Morgan fingerprint density at radius 1 is 1.39 bits per heavy atom. The van der Waals surface area contributed by atoms with E-state index < -0.39 is 0 Å². The first-order valence-corrected chi connectivity index (χ1v) is 7.54. The summed E-state index contributed by atoms with van der Waals surface area (Å²) >= 11 is 10.7. The smallest absolute Gasteiger partial charge is 0.137 e. The van der Waals surface area contributed by atoms with E-state index in [1.54, 1.807) is 12.1 Å². The Bertz CT molecular complexity index is 544. The monoisotopic (exact) mass is 347 g/mol. The molecule has 0 aliphatic carbocycles. The van der Waals surface area contributed by atoms with Crippen molar-refractivity contribution in [2.24, 2.45) is 0 Å². The van der Waals surface area contributed by atoms with Crippen LogP contribution in [-0.4, -0.2) is 6.54 Å². The highest BCUT2D eigenvalue weighted by molar-refractivity contribution is 9.10. The van der Waals surface area contributed by atoms with E-state index in [1.807, 2.05) is 19.1 Å². The fourth-order valence-electron chi connectivity index (χ4n) is 1.76. The molecule has 2 rings (SSSR count). The molecule has 1 atom stereocenters. The van der Waals surface area contributed by atoms with Crippen molar-refractivity contribution in [1.29, 1.82) is 0 Å². The molecule has 0 radical (unpaired) electrons. The summed E-state index contributed by atoms with van der Waals surface area (Å²) in [5.74, 6) is -0.252. The molecule has 1 aromatic carbocycles. The van der Waals surface area contributed by atoms with Crippen molar-refractivity contribution < 1.29 is 4.39 Å². The standard InChI is InChI=1S/C13H12BrClFNS/c1-2-17-13(11-5-6-12(15)18-11)8-3-4-10(16)9(14)7-8/h3-7,13,17H,2H2,1H3. The van der Waals surface area contributed by atoms with Gasteiger partial charge in [0, 0.05) is 4.88 Å². The number of nitrogens with one attached hydrogen (secondary N) is 1. The zero-order valence-electron chi connectivity index (χ0n) is 9.71. The van der Waals surface area contributed by atoms with Gasteiger partial charge in [0.15, 0.2) is 0 Å². The SMILES string of the molecule is CCNC(c1ccc(F)c(Br)c1)c1ccc(Cl)s1. The summed E-state index contributed by atoms with van der Waals surface area (Å²) < 4.78 is 14.5. The third-order valence-corrected chi connectivity index (χ3v) is 4.47. The van der Waals surface area contributed by atoms with E-state index >= 15 is 0 Å². The lowest BCUT2D eigenvalue weighted by Gasteiger charge is -2.17. The van der Waals surface area contributed by atoms with Gasteiger partial charge in [-0.1, -0.05) is 24.6 Å². The second-order valence-corrected chi connectivity index (χ2v) is 6.41. The van der Waals surface area contributed by atoms with Gasteiger partial charge >= 0.3 is 0 Å². The van der Waals surface area contributed by atoms with Crippen LogP contribution in [0.3, 0.4) is 0 Å². The van der Waals surface area contributed by atoms with E-state index in [2.05, 4.69) is 21.2 Å². The van der Waals surface area contributed by atoms with Gasteiger partial charge in [-0.25, -0.2) is 4.39 Å². The Hall–Kier alpha value is -0.420. The summed E-state index contributed by atoms with van der Waals surface area (Å²) in [6, 6.07) is 8.99. The molecule has 1 unspecified atom stereocenters. The average Bonchev–Trinajstić information content (AvgIpc) is 2.76. The molecule has 0 fully saturated rings. The first kappa shape index (κ1) is 14.0. The van der Waals surface area contributed by atoms with Crippen molar-refractivity contribution >= 4 is 38.9 Å². The number of hydrogen-bond acceptors (Lipinski definition) is 2. The molecule has 1 aromatic heterocycles. The van der Waals surface area contributed by atoms with Crippen LogP contribution in [0, 0.1) is 5.82 Å². The van der Waals surface area contributed by atoms with Crippen molar-refractivity contribution in [3.63, 3.8) is 0 Å². The van der Waals surface area contributed by atoms with Gasteiger partial charge < -0.3 is 5.32 Å². The molecule has 1 nitrogen and oxygen atoms in total. The largest absolute Gasteiger partial charge is 0.306 e. The summed E-state index contributed by atoms with van der Waals surface area (Å²) in [6.45, 7) is 2.87. The van der Waals surface area contributed by atoms with Crippen LogP contribution < -0.4 is 5.32 Å². The second-order valence-electron chi connectivity index (χ2n) is 3.81. The van der Waals surface area contributed by atoms with Crippen molar-refractivity contribution in [1.82, 2.24) is 5.32 Å². The molecular formula is C13H12BrClFNS. The number of halogens is 3. The van der Waals surface area contributed by atoms with Crippen LogP contribution >= 0.6 is 38.9 Å². The highest BCUT2D eigenvalue weighted by Gasteiger charge is 2.16. The molecule has 18 heavy (non-hydrogen) atoms. The van der Waals surface area contributed by atoms with Crippen LogP contribution in [0.2, 0.25) is 4.34 Å². The van der Waals surface area contributed by atoms with Gasteiger partial charge in [0.25, 0.3) is 0 Å². The first-order valence-electron chi connectivity index (χ1n) is 5.55. The van der Waals surface area contributed by atoms with Crippen LogP contribution in [0.25, 0.3) is 0 Å². The van der Waals surface area contributed by atoms with Gasteiger partial charge in [-0.15, -0.1) is 11.3 Å². The predicted octanol–water partition coefficient (Wildman–Crippen LogP) is 5.00. The quantitative estimate of drug-likeness (QED) is 0.819. The van der Waals surface area contributed by atoms with Gasteiger partial charge in [0.05, 0.1) is 14.9 Å². The molecule has 0 aliphatic rings. The highest BCUT2D eigenvalue weighted by atomic mass is 79.9. The highest BCUT2D eigenvalue weighted by Crippen LogP contribution is 2.32. The number of hydrogen-bond donors (Lipinski definition) is 1. The average molecular weight is 349 g/mol. The van der Waals surface area contributed by atoms with Crippen molar-refractivity contribution in [2.75, 3.05) is 6.54 Å². The first-order chi connectivity index (χ1) is 8.61. The van der Waals surface area contributed by atoms with Crippen LogP contribution in [0.1, 0.15) is 23.4 Å². The summed E-state index contributed by atoms with van der Waals surface area (Å²) in [4.78, 5) is 1.13. The maximum absolute atomic E-state index is 13.3. The van der Waals surface area contributed by atoms with Gasteiger partial charge in [-0.2, -0.15) is 0 Å². The second kappa shape index (κ2) is 6.15. The van der Waals surface area contributed by atoms with Gasteiger partial charge in [0.2, 0.25) is 0 Å². The Morgan fingerprint density at radius 2 is 2.17 bits per heavy atom. The summed E-state index contributed by atoms with van der Waals surface area (Å²) in [5.41, 5.74) is 1.02. The lowest BCUT2D eigenvalue weighted by molar-refractivity contribution is 0.611. The molecule has 0 spiro atoms. The van der Waals surface area contributed by atoms with E-state index in [-0.39, 0.29) is 11.9 Å². The normalized spacial score (nSPS) is 12.7. The maximum atomic E-state index is 13.3. The van der Waals surface area contributed by atoms with Gasteiger partial charge in [0.1, 0.15) is 5.82 Å². The number of rotatable bonds is 4. The predicted molar refractivity (Wildman–Crippen MR) is 78.9 cm³/mol. The van der Waals surface area contributed by atoms with E-state index in [0.717, 1.165) is 21.3 Å². The molecule has 2 aromatic rings. The molecule has 96 valence electrons. The van der Waals surface area contributed by atoms with Gasteiger partial charge in [-0.05, 0) is 52.3 Å². The molecule has 1 N–H and O–H groups in total. The maximum Gasteiger partial charge on any atom is 0.137 e. The zero-order valence-corrected chi connectivity index (χ0v) is 12.9. The van der Waals surface area contributed by atoms with E-state index in [0.29, 0.717) is 4.47 Å². The Labute approximate surface area is 123 Å². The van der Waals surface area contributed by atoms with E-state index in [4.69, 9.17) is 11.6 Å². The summed E-state index contributed by atoms with van der Waals surface area (Å²) in [5, 5.41) is 3.38. The van der Waals surface area contributed by atoms with Gasteiger partial charge in [-0.3, -0.25) is 0 Å². The van der Waals surface area contributed by atoms with Crippen LogP contribution in [0.5, 0.6) is 0 Å². The summed E-state index contributed by atoms with van der Waals surface area (Å²) in [7, 11) is 0. The van der Waals surface area contributed by atoms with Crippen LogP contribution in [0.15, 0.2) is 34.8 Å². The minimum absolute atomic E-state index is 0.0457. The Balaban J connectivity index is 2.37. The van der Waals surface area contributed by atoms with Crippen LogP contribution in [0.4, 0.5) is 4.39 Å². The Morgan fingerprint density at radius 3 is 2.72 bits per heavy atom. The molecule has 0 saturated heterocycles. The minimum Gasteiger partial charge on any atom is -0.306 e. The fourth-order valence-corrected chi connectivity index (χ4v) is 3.32. The molecule has 0 saturated carbocycles. The van der Waals surface area contributed by atoms with Crippen LogP contribution in [-0.2, 0) is 0 Å². The van der Waals surface area contributed by atoms with Crippen molar-refractivity contribution in [3.8, 4) is 0 Å². The molecule has 0 amide bonds. The lowest BCUT2D eigenvalue weighted by atomic mass is 10.1. The molecule has 0 aliphatic heterocycles. The number of thiophene rings is 1. The lowest BCUT2D eigenvalue weighted by Crippen LogP contribution is -2.21. The third kappa shape index (κ3) is 3.12. The van der Waals surface area contributed by atoms with Crippen molar-refractivity contribution in [2.45, 2.75) is 13.0 Å². The third-order valence-electron chi connectivity index (χ3n) is 2.56. The molecule has 0 bridgehead atoms. The fraction of sp³-hybridized carbons (Fsp3) is 0.231. The zero-order chi connectivity index (χ0) is 13.1. The summed E-state index contributed by atoms with van der Waals surface area (Å²) in [6.07, 6.45) is 0. The topological polar surface area (TPSA) is 12.0 Å². The van der Waals surface area contributed by atoms with E-state index in [9.17, 15) is 4.39 Å². The Kier molecular flexibility index (Phi) is 4.78. The van der Waals surface area contributed by atoms with Crippen molar-refractivity contribution in [3.05, 3.63) is 55.4 Å². The molecule has 5 heteroatoms.